The average molecular weight is 774 g/mol. The summed E-state index contributed by atoms with van der Waals surface area (Å²) in [6, 6.07) is 18.0. The third kappa shape index (κ3) is 13.0. The molecule has 0 radical (unpaired) electrons. The Morgan fingerprint density at radius 1 is 1.09 bits per heavy atom. The summed E-state index contributed by atoms with van der Waals surface area (Å²) in [4.78, 5) is 22.7. The first kappa shape index (κ1) is 43.8. The van der Waals surface area contributed by atoms with Gasteiger partial charge in [0.2, 0.25) is 0 Å². The molecular weight excluding hydrogens is 718 g/mol. The van der Waals surface area contributed by atoms with Crippen molar-refractivity contribution in [3.63, 3.8) is 0 Å². The Morgan fingerprint density at radius 2 is 1.74 bits per heavy atom. The predicted molar refractivity (Wildman–Crippen MR) is 226 cm³/mol. The minimum Gasteiger partial charge on any atom is -0.507 e. The van der Waals surface area contributed by atoms with Gasteiger partial charge in [-0.15, -0.1) is 0 Å². The molecule has 1 aliphatic rings. The van der Waals surface area contributed by atoms with Crippen LogP contribution in [0.5, 0.6) is 5.75 Å². The van der Waals surface area contributed by atoms with Crippen LogP contribution in [-0.2, 0) is 11.3 Å². The van der Waals surface area contributed by atoms with E-state index in [-0.39, 0.29) is 22.9 Å². The van der Waals surface area contributed by atoms with Gasteiger partial charge in [0.1, 0.15) is 16.6 Å². The van der Waals surface area contributed by atoms with E-state index in [1.54, 1.807) is 19.2 Å². The Labute approximate surface area is 329 Å². The zero-order valence-corrected chi connectivity index (χ0v) is 34.3. The number of halogens is 1. The zero-order chi connectivity index (χ0) is 40.2. The minimum absolute atomic E-state index is 0.0619. The first-order chi connectivity index (χ1) is 25.4. The molecule has 1 saturated heterocycles. The number of nitrogen functional groups attached to an aromatic ring is 1. The molecule has 0 saturated carbocycles. The summed E-state index contributed by atoms with van der Waals surface area (Å²) in [5.41, 5.74) is 19.1. The highest BCUT2D eigenvalue weighted by atomic mass is 35.5. The maximum atomic E-state index is 10.4. The molecule has 0 atom stereocenters. The molecule has 2 heterocycles. The number of nitrogens with one attached hydrogen (secondary N) is 4. The number of amides is 1. The zero-order valence-electron chi connectivity index (χ0n) is 32.7. The Kier molecular flexibility index (Phi) is 16.3. The number of anilines is 3. The SMILES string of the molecule is CC(=N)c1cc(C(C)C)c(C)cc1O.CCNC(=O)C(C)=N.Cc1ccc(CNc2cccc(Sc3ncc(N4CCC(C)(N)CC4)nc3N)c2Cl)cc1. The Balaban J connectivity index is 0.000000293. The number of hydrogen-bond acceptors (Lipinski definition) is 11. The Bertz CT molecular complexity index is 1910. The van der Waals surface area contributed by atoms with Gasteiger partial charge in [0.05, 0.1) is 22.6 Å². The maximum absolute atomic E-state index is 10.4. The molecule has 11 nitrogen and oxygen atoms in total. The molecule has 290 valence electrons. The number of carbonyl (C=O) groups is 1. The van der Waals surface area contributed by atoms with Gasteiger partial charge >= 0.3 is 0 Å². The van der Waals surface area contributed by atoms with E-state index >= 15 is 0 Å². The maximum Gasteiger partial charge on any atom is 0.264 e. The Morgan fingerprint density at radius 3 is 2.28 bits per heavy atom. The van der Waals surface area contributed by atoms with Gasteiger partial charge in [-0.05, 0) is 101 Å². The molecule has 3 aromatic carbocycles. The molecule has 5 rings (SSSR count). The molecule has 9 N–H and O–H groups in total. The number of rotatable bonds is 10. The fourth-order valence-electron chi connectivity index (χ4n) is 5.52. The number of aromatic nitrogens is 2. The molecule has 1 fully saturated rings. The smallest absolute Gasteiger partial charge is 0.264 e. The van der Waals surface area contributed by atoms with Crippen molar-refractivity contribution in [1.82, 2.24) is 15.3 Å². The molecule has 13 heteroatoms. The first-order valence-electron chi connectivity index (χ1n) is 18.1. The van der Waals surface area contributed by atoms with Crippen molar-refractivity contribution in [2.45, 2.75) is 96.2 Å². The van der Waals surface area contributed by atoms with Crippen molar-refractivity contribution in [3.05, 3.63) is 93.6 Å². The second-order valence-corrected chi connectivity index (χ2v) is 15.5. The quantitative estimate of drug-likeness (QED) is 0.0775. The second kappa shape index (κ2) is 20.1. The van der Waals surface area contributed by atoms with Crippen LogP contribution >= 0.6 is 23.4 Å². The van der Waals surface area contributed by atoms with Gasteiger partial charge in [0.15, 0.2) is 5.82 Å². The van der Waals surface area contributed by atoms with Crippen LogP contribution < -0.4 is 27.0 Å². The monoisotopic (exact) mass is 773 g/mol. The summed E-state index contributed by atoms with van der Waals surface area (Å²) in [7, 11) is 0. The molecule has 0 unspecified atom stereocenters. The number of nitrogens with two attached hydrogens (primary N) is 2. The third-order valence-corrected chi connectivity index (χ3v) is 10.4. The lowest BCUT2D eigenvalue weighted by Crippen LogP contribution is -2.48. The van der Waals surface area contributed by atoms with Crippen LogP contribution in [0.4, 0.5) is 17.3 Å². The van der Waals surface area contributed by atoms with Gasteiger partial charge in [0, 0.05) is 47.9 Å². The summed E-state index contributed by atoms with van der Waals surface area (Å²) in [6.07, 6.45) is 3.62. The number of hydrogen-bond donors (Lipinski definition) is 7. The summed E-state index contributed by atoms with van der Waals surface area (Å²) < 4.78 is 0. The molecule has 0 aliphatic carbocycles. The molecule has 1 aliphatic heterocycles. The van der Waals surface area contributed by atoms with Crippen molar-refractivity contribution in [2.75, 3.05) is 35.6 Å². The summed E-state index contributed by atoms with van der Waals surface area (Å²) >= 11 is 8.11. The third-order valence-electron chi connectivity index (χ3n) is 8.84. The lowest BCUT2D eigenvalue weighted by Gasteiger charge is -2.37. The fourth-order valence-corrected chi connectivity index (χ4v) is 6.64. The van der Waals surface area contributed by atoms with Crippen LogP contribution in [0.3, 0.4) is 0 Å². The fraction of sp³-hybridized carbons (Fsp3) is 0.390. The van der Waals surface area contributed by atoms with E-state index in [0.717, 1.165) is 47.9 Å². The standard InChI is InChI=1S/C24H29ClN6S.C12H17NO.C5H10N2O/c1-16-6-8-17(9-7-16)14-28-18-4-3-5-19(21(18)25)32-23-22(26)30-20(15-29-23)31-12-10-24(2,27)11-13-31;1-7(2)10-6-11(9(4)13)12(14)5-8(10)3;1-3-7-5(8)4(2)6/h3-9,15,28H,10-14,27H2,1-2H3,(H2,26,30);5-7,13-14H,1-4H3;6H,3H2,1-2H3,(H,7,8). The van der Waals surface area contributed by atoms with E-state index in [4.69, 9.17) is 33.9 Å². The number of nitrogens with zero attached hydrogens (tertiary/aromatic N) is 3. The molecule has 1 amide bonds. The molecule has 1 aromatic heterocycles. The van der Waals surface area contributed by atoms with Gasteiger partial charge in [0.25, 0.3) is 5.91 Å². The van der Waals surface area contributed by atoms with Crippen molar-refractivity contribution in [3.8, 4) is 5.75 Å². The lowest BCUT2D eigenvalue weighted by atomic mass is 9.91. The second-order valence-electron chi connectivity index (χ2n) is 14.1. The van der Waals surface area contributed by atoms with Crippen molar-refractivity contribution in [1.29, 1.82) is 10.8 Å². The molecular formula is C41H56ClN9O2S. The van der Waals surface area contributed by atoms with Crippen LogP contribution in [-0.4, -0.2) is 57.6 Å². The van der Waals surface area contributed by atoms with Crippen molar-refractivity contribution < 1.29 is 9.90 Å². The topological polar surface area (TPSA) is 190 Å². The van der Waals surface area contributed by atoms with Crippen LogP contribution in [0.1, 0.15) is 88.1 Å². The number of aromatic hydroxyl groups is 1. The summed E-state index contributed by atoms with van der Waals surface area (Å²) in [6.45, 7) is 18.4. The van der Waals surface area contributed by atoms with Gasteiger partial charge in [-0.25, -0.2) is 9.97 Å². The molecule has 0 spiro atoms. The van der Waals surface area contributed by atoms with Crippen LogP contribution in [0.15, 0.2) is 70.7 Å². The van der Waals surface area contributed by atoms with Gasteiger partial charge in [-0.2, -0.15) is 0 Å². The number of carbonyl (C=O) groups excluding carboxylic acids is 1. The lowest BCUT2D eigenvalue weighted by molar-refractivity contribution is -0.114. The minimum atomic E-state index is -0.285. The van der Waals surface area contributed by atoms with Crippen LogP contribution in [0.25, 0.3) is 0 Å². The van der Waals surface area contributed by atoms with Gasteiger partial charge in [-0.1, -0.05) is 73.1 Å². The highest BCUT2D eigenvalue weighted by molar-refractivity contribution is 7.99. The predicted octanol–water partition coefficient (Wildman–Crippen LogP) is 8.48. The number of phenols is 1. The number of aryl methyl sites for hydroxylation is 2. The summed E-state index contributed by atoms with van der Waals surface area (Å²) in [5, 5.41) is 31.1. The average Bonchev–Trinajstić information content (AvgIpc) is 3.10. The van der Waals surface area contributed by atoms with E-state index in [1.807, 2.05) is 38.1 Å². The number of benzene rings is 3. The van der Waals surface area contributed by atoms with Crippen molar-refractivity contribution in [2.24, 2.45) is 5.73 Å². The van der Waals surface area contributed by atoms with Crippen LogP contribution in [0.2, 0.25) is 5.02 Å². The van der Waals surface area contributed by atoms with E-state index in [2.05, 4.69) is 77.5 Å². The van der Waals surface area contributed by atoms with E-state index in [0.29, 0.717) is 46.1 Å². The number of piperidine rings is 1. The van der Waals surface area contributed by atoms with Crippen molar-refractivity contribution >= 4 is 58.0 Å². The highest BCUT2D eigenvalue weighted by Gasteiger charge is 2.27. The van der Waals surface area contributed by atoms with Crippen LogP contribution in [0, 0.1) is 24.7 Å². The highest BCUT2D eigenvalue weighted by Crippen LogP contribution is 2.39. The first-order valence-corrected chi connectivity index (χ1v) is 19.3. The summed E-state index contributed by atoms with van der Waals surface area (Å²) in [5.74, 6) is 1.55. The van der Waals surface area contributed by atoms with E-state index in [1.165, 1.54) is 35.4 Å². The van der Waals surface area contributed by atoms with Gasteiger partial charge < -0.3 is 37.5 Å². The van der Waals surface area contributed by atoms with E-state index in [9.17, 15) is 9.90 Å². The van der Waals surface area contributed by atoms with E-state index < -0.39 is 0 Å². The number of phenolic OH excluding ortho intramolecular Hbond substituents is 1. The molecule has 54 heavy (non-hydrogen) atoms. The van der Waals surface area contributed by atoms with Gasteiger partial charge in [-0.3, -0.25) is 10.2 Å². The Hall–Kier alpha value is -4.65. The largest absolute Gasteiger partial charge is 0.507 e. The normalized spacial score (nSPS) is 13.2. The molecule has 4 aromatic rings. The molecule has 0 bridgehead atoms.